The zero-order valence-electron chi connectivity index (χ0n) is 15.3. The van der Waals surface area contributed by atoms with E-state index in [1.807, 2.05) is 0 Å². The molecule has 2 heterocycles. The number of amides is 2. The van der Waals surface area contributed by atoms with E-state index in [1.54, 1.807) is 53.6 Å². The first-order chi connectivity index (χ1) is 13.2. The minimum Gasteiger partial charge on any atom is -0.497 e. The van der Waals surface area contributed by atoms with E-state index in [9.17, 15) is 9.59 Å². The molecular weight excluding hydrogens is 344 g/mol. The van der Waals surface area contributed by atoms with Gasteiger partial charge in [0.15, 0.2) is 0 Å². The van der Waals surface area contributed by atoms with E-state index >= 15 is 0 Å². The molecule has 0 unspecified atom stereocenters. The van der Waals surface area contributed by atoms with Gasteiger partial charge in [-0.15, -0.1) is 0 Å². The molecule has 4 rings (SSSR count). The van der Waals surface area contributed by atoms with E-state index in [0.29, 0.717) is 43.2 Å². The molecule has 0 bridgehead atoms. The Morgan fingerprint density at radius 3 is 1.89 bits per heavy atom. The quantitative estimate of drug-likeness (QED) is 0.827. The Morgan fingerprint density at radius 1 is 0.889 bits per heavy atom. The first-order valence-corrected chi connectivity index (χ1v) is 9.20. The largest absolute Gasteiger partial charge is 0.497 e. The molecule has 1 saturated carbocycles. The summed E-state index contributed by atoms with van der Waals surface area (Å²) in [5.74, 6) is 1.93. The highest BCUT2D eigenvalue weighted by molar-refractivity contribution is 5.95. The van der Waals surface area contributed by atoms with Gasteiger partial charge in [0, 0.05) is 50.1 Å². The number of methoxy groups -OCH3 is 1. The summed E-state index contributed by atoms with van der Waals surface area (Å²) in [6, 6.07) is 7.07. The first kappa shape index (κ1) is 17.5. The second-order valence-electron chi connectivity index (χ2n) is 6.92. The standard InChI is InChI=1S/C20H22N4O3/c1-27-17-6-4-15(5-7-17)19(25)23-8-10-24(11-9-23)20(26)16-12-21-18(22-13-16)14-2-3-14/h4-7,12-14H,2-3,8-11H2,1H3. The van der Waals surface area contributed by atoms with Gasteiger partial charge in [-0.05, 0) is 37.1 Å². The van der Waals surface area contributed by atoms with Gasteiger partial charge in [0.2, 0.25) is 0 Å². The fraction of sp³-hybridized carbons (Fsp3) is 0.400. The van der Waals surface area contributed by atoms with Gasteiger partial charge >= 0.3 is 0 Å². The number of ether oxygens (including phenoxy) is 1. The molecule has 1 aromatic carbocycles. The molecule has 2 fully saturated rings. The zero-order chi connectivity index (χ0) is 18.8. The summed E-state index contributed by atoms with van der Waals surface area (Å²) in [7, 11) is 1.59. The molecule has 2 aliphatic rings. The normalized spacial score (nSPS) is 16.9. The van der Waals surface area contributed by atoms with Crippen LogP contribution in [0.5, 0.6) is 5.75 Å². The zero-order valence-corrected chi connectivity index (χ0v) is 15.3. The minimum absolute atomic E-state index is 0.0260. The highest BCUT2D eigenvalue weighted by Crippen LogP contribution is 2.37. The SMILES string of the molecule is COc1ccc(C(=O)N2CCN(C(=O)c3cnc(C4CC4)nc3)CC2)cc1. The van der Waals surface area contributed by atoms with Crippen LogP contribution in [-0.4, -0.2) is 64.9 Å². The average molecular weight is 366 g/mol. The van der Waals surface area contributed by atoms with E-state index in [1.165, 1.54) is 0 Å². The van der Waals surface area contributed by atoms with Gasteiger partial charge in [-0.25, -0.2) is 9.97 Å². The summed E-state index contributed by atoms with van der Waals surface area (Å²) >= 11 is 0. The maximum Gasteiger partial charge on any atom is 0.257 e. The number of carbonyl (C=O) groups is 2. The molecule has 7 heteroatoms. The Bertz CT molecular complexity index is 823. The summed E-state index contributed by atoms with van der Waals surface area (Å²) < 4.78 is 5.12. The number of nitrogens with zero attached hydrogens (tertiary/aromatic N) is 4. The van der Waals surface area contributed by atoms with Crippen molar-refractivity contribution in [1.82, 2.24) is 19.8 Å². The Hall–Kier alpha value is -2.96. The minimum atomic E-state index is -0.0751. The molecule has 0 spiro atoms. The van der Waals surface area contributed by atoms with Crippen molar-refractivity contribution in [3.63, 3.8) is 0 Å². The van der Waals surface area contributed by atoms with Crippen molar-refractivity contribution in [2.24, 2.45) is 0 Å². The lowest BCUT2D eigenvalue weighted by Crippen LogP contribution is -2.50. The molecule has 1 saturated heterocycles. The number of rotatable bonds is 4. The summed E-state index contributed by atoms with van der Waals surface area (Å²) in [5, 5.41) is 0. The van der Waals surface area contributed by atoms with Gasteiger partial charge in [0.25, 0.3) is 11.8 Å². The second kappa shape index (κ2) is 7.34. The van der Waals surface area contributed by atoms with Crippen LogP contribution >= 0.6 is 0 Å². The van der Waals surface area contributed by atoms with Gasteiger partial charge in [0.05, 0.1) is 12.7 Å². The Morgan fingerprint density at radius 2 is 1.41 bits per heavy atom. The maximum absolute atomic E-state index is 12.6. The van der Waals surface area contributed by atoms with Crippen LogP contribution in [0, 0.1) is 0 Å². The smallest absolute Gasteiger partial charge is 0.257 e. The molecule has 1 aliphatic carbocycles. The lowest BCUT2D eigenvalue weighted by atomic mass is 10.1. The molecule has 2 aromatic rings. The Labute approximate surface area is 158 Å². The van der Waals surface area contributed by atoms with Crippen LogP contribution in [0.25, 0.3) is 0 Å². The molecule has 0 N–H and O–H groups in total. The molecule has 0 atom stereocenters. The molecule has 2 amide bonds. The predicted octanol–water partition coefficient (Wildman–Crippen LogP) is 1.96. The number of hydrogen-bond acceptors (Lipinski definition) is 5. The third-order valence-corrected chi connectivity index (χ3v) is 5.05. The average Bonchev–Trinajstić information content (AvgIpc) is 3.58. The number of piperazine rings is 1. The van der Waals surface area contributed by atoms with E-state index in [2.05, 4.69) is 9.97 Å². The summed E-state index contributed by atoms with van der Waals surface area (Å²) in [5.41, 5.74) is 1.13. The monoisotopic (exact) mass is 366 g/mol. The van der Waals surface area contributed by atoms with Crippen LogP contribution in [0.4, 0.5) is 0 Å². The van der Waals surface area contributed by atoms with Crippen molar-refractivity contribution >= 4 is 11.8 Å². The molecule has 27 heavy (non-hydrogen) atoms. The second-order valence-corrected chi connectivity index (χ2v) is 6.92. The summed E-state index contributed by atoms with van der Waals surface area (Å²) in [6.45, 7) is 2.03. The van der Waals surface area contributed by atoms with E-state index in [4.69, 9.17) is 4.74 Å². The maximum atomic E-state index is 12.6. The topological polar surface area (TPSA) is 75.6 Å². The van der Waals surface area contributed by atoms with Crippen molar-refractivity contribution in [3.8, 4) is 5.75 Å². The van der Waals surface area contributed by atoms with E-state index in [0.717, 1.165) is 24.4 Å². The van der Waals surface area contributed by atoms with Gasteiger partial charge < -0.3 is 14.5 Å². The van der Waals surface area contributed by atoms with Crippen molar-refractivity contribution < 1.29 is 14.3 Å². The molecule has 7 nitrogen and oxygen atoms in total. The lowest BCUT2D eigenvalue weighted by Gasteiger charge is -2.34. The van der Waals surface area contributed by atoms with Crippen LogP contribution in [0.15, 0.2) is 36.7 Å². The highest BCUT2D eigenvalue weighted by atomic mass is 16.5. The fourth-order valence-corrected chi connectivity index (χ4v) is 3.21. The molecular formula is C20H22N4O3. The third kappa shape index (κ3) is 3.77. The summed E-state index contributed by atoms with van der Waals surface area (Å²) in [4.78, 5) is 37.4. The Balaban J connectivity index is 1.34. The van der Waals surface area contributed by atoms with E-state index < -0.39 is 0 Å². The number of carbonyl (C=O) groups excluding carboxylic acids is 2. The number of hydrogen-bond donors (Lipinski definition) is 0. The molecule has 140 valence electrons. The van der Waals surface area contributed by atoms with Gasteiger partial charge in [-0.3, -0.25) is 9.59 Å². The molecule has 1 aliphatic heterocycles. The van der Waals surface area contributed by atoms with Crippen molar-refractivity contribution in [2.75, 3.05) is 33.3 Å². The number of benzene rings is 1. The molecule has 0 radical (unpaired) electrons. The fourth-order valence-electron chi connectivity index (χ4n) is 3.21. The lowest BCUT2D eigenvalue weighted by molar-refractivity contribution is 0.0535. The first-order valence-electron chi connectivity index (χ1n) is 9.20. The van der Waals surface area contributed by atoms with Gasteiger partial charge in [-0.2, -0.15) is 0 Å². The van der Waals surface area contributed by atoms with Gasteiger partial charge in [0.1, 0.15) is 11.6 Å². The van der Waals surface area contributed by atoms with Gasteiger partial charge in [-0.1, -0.05) is 0 Å². The van der Waals surface area contributed by atoms with Crippen LogP contribution in [0.3, 0.4) is 0 Å². The van der Waals surface area contributed by atoms with Crippen LogP contribution in [0.2, 0.25) is 0 Å². The van der Waals surface area contributed by atoms with Crippen molar-refractivity contribution in [3.05, 3.63) is 53.6 Å². The van der Waals surface area contributed by atoms with Crippen molar-refractivity contribution in [1.29, 1.82) is 0 Å². The predicted molar refractivity (Wildman–Crippen MR) is 98.8 cm³/mol. The van der Waals surface area contributed by atoms with Crippen LogP contribution in [-0.2, 0) is 0 Å². The van der Waals surface area contributed by atoms with Crippen LogP contribution < -0.4 is 4.74 Å². The number of aromatic nitrogens is 2. The Kier molecular flexibility index (Phi) is 4.75. The highest BCUT2D eigenvalue weighted by Gasteiger charge is 2.28. The van der Waals surface area contributed by atoms with E-state index in [-0.39, 0.29) is 11.8 Å². The summed E-state index contributed by atoms with van der Waals surface area (Å²) in [6.07, 6.45) is 5.52. The van der Waals surface area contributed by atoms with Crippen molar-refractivity contribution in [2.45, 2.75) is 18.8 Å². The third-order valence-electron chi connectivity index (χ3n) is 5.05. The van der Waals surface area contributed by atoms with Crippen LogP contribution in [0.1, 0.15) is 45.3 Å². The molecule has 1 aromatic heterocycles.